The van der Waals surface area contributed by atoms with Crippen LogP contribution in [0.25, 0.3) is 10.8 Å². The van der Waals surface area contributed by atoms with Gasteiger partial charge in [0, 0.05) is 23.9 Å². The Morgan fingerprint density at radius 3 is 2.39 bits per heavy atom. The van der Waals surface area contributed by atoms with Gasteiger partial charge in [-0.2, -0.15) is 0 Å². The second-order valence-electron chi connectivity index (χ2n) is 15.3. The lowest BCUT2D eigenvalue weighted by Crippen LogP contribution is -2.60. The van der Waals surface area contributed by atoms with Gasteiger partial charge < -0.3 is 29.7 Å². The minimum Gasteiger partial charge on any atom is -0.497 e. The third kappa shape index (κ3) is 8.88. The maximum absolute atomic E-state index is 14.5. The SMILES string of the molecule is C=C[C@@H]1CC1(NC(=O)[C@@H]1C[C@@H](Oc2nccc3cc(OC)ccc23)CN1C(=O)[C@@H](NC(=O)OC(C)(C)C)C(C)(C)C)C(=O)NS(=O)(=O)c1cc(Cl)c(Cl)s1. The van der Waals surface area contributed by atoms with E-state index in [0.717, 1.165) is 11.5 Å². The zero-order valence-electron chi connectivity index (χ0n) is 30.8. The second-order valence-corrected chi connectivity index (χ2v) is 19.2. The smallest absolute Gasteiger partial charge is 0.408 e. The number of fused-ring (bicyclic) bond motifs is 1. The summed E-state index contributed by atoms with van der Waals surface area (Å²) in [4.78, 5) is 61.2. The first kappa shape index (κ1) is 41.1. The number of rotatable bonds is 11. The number of methoxy groups -OCH3 is 1. The van der Waals surface area contributed by atoms with Crippen LogP contribution in [0.15, 0.2) is 53.4 Å². The molecular formula is C36H43Cl2N5O9S2. The van der Waals surface area contributed by atoms with Gasteiger partial charge in [0.1, 0.15) is 43.6 Å². The number of carbonyl (C=O) groups is 4. The van der Waals surface area contributed by atoms with Crippen molar-refractivity contribution in [2.45, 2.75) is 87.9 Å². The summed E-state index contributed by atoms with van der Waals surface area (Å²) in [5, 5.41) is 6.87. The van der Waals surface area contributed by atoms with Crippen molar-refractivity contribution in [3.63, 3.8) is 0 Å². The highest BCUT2D eigenvalue weighted by Crippen LogP contribution is 2.46. The lowest BCUT2D eigenvalue weighted by molar-refractivity contribution is -0.143. The van der Waals surface area contributed by atoms with Gasteiger partial charge in [0.15, 0.2) is 0 Å². The molecule has 1 saturated carbocycles. The highest BCUT2D eigenvalue weighted by molar-refractivity contribution is 7.92. The van der Waals surface area contributed by atoms with Crippen LogP contribution in [0.5, 0.6) is 11.6 Å². The fraction of sp³-hybridized carbons (Fsp3) is 0.472. The normalized spacial score (nSPS) is 21.9. The number of nitrogens with zero attached hydrogens (tertiary/aromatic N) is 2. The van der Waals surface area contributed by atoms with Crippen molar-refractivity contribution in [2.24, 2.45) is 11.3 Å². The van der Waals surface area contributed by atoms with Gasteiger partial charge in [-0.15, -0.1) is 17.9 Å². The van der Waals surface area contributed by atoms with Gasteiger partial charge in [-0.3, -0.25) is 14.4 Å². The number of carbonyl (C=O) groups excluding carboxylic acids is 4. The van der Waals surface area contributed by atoms with Crippen LogP contribution in [0.1, 0.15) is 54.4 Å². The number of amides is 4. The van der Waals surface area contributed by atoms with Crippen LogP contribution in [-0.2, 0) is 29.1 Å². The Morgan fingerprint density at radius 2 is 1.81 bits per heavy atom. The number of pyridine rings is 1. The first-order valence-electron chi connectivity index (χ1n) is 16.9. The summed E-state index contributed by atoms with van der Waals surface area (Å²) in [6.07, 6.45) is 1.43. The number of hydrogen-bond acceptors (Lipinski definition) is 11. The van der Waals surface area contributed by atoms with E-state index in [9.17, 15) is 27.6 Å². The molecule has 1 aliphatic carbocycles. The van der Waals surface area contributed by atoms with Gasteiger partial charge >= 0.3 is 6.09 Å². The van der Waals surface area contributed by atoms with E-state index in [4.69, 9.17) is 37.4 Å². The maximum atomic E-state index is 14.5. The van der Waals surface area contributed by atoms with Gasteiger partial charge in [0.05, 0.1) is 18.7 Å². The number of hydrogen-bond donors (Lipinski definition) is 3. The Labute approximate surface area is 327 Å². The zero-order chi connectivity index (χ0) is 40.0. The molecule has 3 aromatic rings. The number of alkyl carbamates (subject to hydrolysis) is 1. The molecule has 54 heavy (non-hydrogen) atoms. The summed E-state index contributed by atoms with van der Waals surface area (Å²) in [5.41, 5.74) is -3.40. The van der Waals surface area contributed by atoms with Crippen molar-refractivity contribution >= 4 is 79.1 Å². The summed E-state index contributed by atoms with van der Waals surface area (Å²) >= 11 is 12.6. The molecule has 2 aliphatic rings. The van der Waals surface area contributed by atoms with Crippen LogP contribution in [0.4, 0.5) is 4.79 Å². The van der Waals surface area contributed by atoms with E-state index in [0.29, 0.717) is 22.5 Å². The predicted octanol–water partition coefficient (Wildman–Crippen LogP) is 5.47. The summed E-state index contributed by atoms with van der Waals surface area (Å²) in [6.45, 7) is 14.0. The van der Waals surface area contributed by atoms with Gasteiger partial charge in [0.2, 0.25) is 17.7 Å². The van der Waals surface area contributed by atoms with E-state index in [1.54, 1.807) is 73.0 Å². The lowest BCUT2D eigenvalue weighted by Gasteiger charge is -2.36. The van der Waals surface area contributed by atoms with Gasteiger partial charge in [-0.1, -0.05) is 50.0 Å². The van der Waals surface area contributed by atoms with Gasteiger partial charge in [-0.05, 0) is 68.3 Å². The summed E-state index contributed by atoms with van der Waals surface area (Å²) in [7, 11) is -2.87. The summed E-state index contributed by atoms with van der Waals surface area (Å²) in [5.74, 6) is -2.08. The zero-order valence-corrected chi connectivity index (χ0v) is 34.0. The number of likely N-dealkylation sites (tertiary alicyclic amines) is 1. The van der Waals surface area contributed by atoms with Crippen molar-refractivity contribution < 1.29 is 41.8 Å². The monoisotopic (exact) mass is 823 g/mol. The van der Waals surface area contributed by atoms with E-state index in [2.05, 4.69) is 22.2 Å². The molecule has 14 nitrogen and oxygen atoms in total. The van der Waals surface area contributed by atoms with Crippen LogP contribution >= 0.6 is 34.5 Å². The van der Waals surface area contributed by atoms with Crippen LogP contribution in [0.3, 0.4) is 0 Å². The molecule has 5 rings (SSSR count). The number of thiophene rings is 1. The molecule has 0 radical (unpaired) electrons. The molecule has 3 N–H and O–H groups in total. The molecular weight excluding hydrogens is 781 g/mol. The molecule has 0 bridgehead atoms. The maximum Gasteiger partial charge on any atom is 0.408 e. The Morgan fingerprint density at radius 1 is 1.11 bits per heavy atom. The molecule has 0 spiro atoms. The third-order valence-corrected chi connectivity index (χ3v) is 12.7. The standard InChI is InChI=1S/C36H43Cl2N5O9S2/c1-9-20-17-36(20,32(46)42-54(48,49)26-16-24(37)28(38)53-26)41-29(44)25-15-22(51-30-23-11-10-21(50-8)14-19(23)12-13-39-30)18-43(25)31(45)27(34(2,3)4)40-33(47)52-35(5,6)7/h9-14,16,20,22,25,27H,1,15,17-18H2,2-8H3,(H,40,47)(H,41,44)(H,42,46)/t20-,22-,25+,27-,36?/m1/s1. The molecule has 3 heterocycles. The minimum atomic E-state index is -4.42. The molecule has 4 amide bonds. The van der Waals surface area contributed by atoms with E-state index in [-0.39, 0.29) is 38.8 Å². The quantitative estimate of drug-likeness (QED) is 0.210. The van der Waals surface area contributed by atoms with Crippen molar-refractivity contribution in [1.29, 1.82) is 0 Å². The van der Waals surface area contributed by atoms with Crippen LogP contribution < -0.4 is 24.8 Å². The number of nitrogens with one attached hydrogen (secondary N) is 3. The fourth-order valence-corrected chi connectivity index (χ4v) is 9.10. The van der Waals surface area contributed by atoms with E-state index >= 15 is 0 Å². The number of benzene rings is 1. The van der Waals surface area contributed by atoms with Crippen molar-refractivity contribution in [2.75, 3.05) is 13.7 Å². The number of ether oxygens (including phenoxy) is 3. The largest absolute Gasteiger partial charge is 0.497 e. The van der Waals surface area contributed by atoms with Crippen LogP contribution in [0.2, 0.25) is 9.36 Å². The topological polar surface area (TPSA) is 182 Å². The molecule has 1 aromatic carbocycles. The first-order chi connectivity index (χ1) is 25.1. The first-order valence-corrected chi connectivity index (χ1v) is 20.0. The average Bonchev–Trinajstić information content (AvgIpc) is 3.44. The molecule has 1 saturated heterocycles. The molecule has 1 aliphatic heterocycles. The average molecular weight is 825 g/mol. The highest BCUT2D eigenvalue weighted by Gasteiger charge is 2.61. The van der Waals surface area contributed by atoms with Crippen molar-refractivity contribution in [1.82, 2.24) is 25.2 Å². The Balaban J connectivity index is 1.45. The Kier molecular flexibility index (Phi) is 11.6. The summed E-state index contributed by atoms with van der Waals surface area (Å²) < 4.78 is 45.2. The minimum absolute atomic E-state index is 0.00353. The Bertz CT molecular complexity index is 2080. The van der Waals surface area contributed by atoms with Gasteiger partial charge in [-0.25, -0.2) is 22.9 Å². The highest BCUT2D eigenvalue weighted by atomic mass is 35.5. The number of aromatic nitrogens is 1. The number of halogens is 2. The van der Waals surface area contributed by atoms with E-state index in [1.165, 1.54) is 11.0 Å². The molecule has 1 unspecified atom stereocenters. The van der Waals surface area contributed by atoms with Crippen molar-refractivity contribution in [3.05, 3.63) is 58.5 Å². The van der Waals surface area contributed by atoms with Crippen LogP contribution in [-0.4, -0.2) is 85.1 Å². The lowest BCUT2D eigenvalue weighted by atomic mass is 9.85. The second kappa shape index (κ2) is 15.2. The summed E-state index contributed by atoms with van der Waals surface area (Å²) in [6, 6.07) is 5.90. The molecule has 292 valence electrons. The molecule has 2 aromatic heterocycles. The Hall–Kier alpha value is -4.12. The van der Waals surface area contributed by atoms with E-state index in [1.807, 2.05) is 10.8 Å². The van der Waals surface area contributed by atoms with Crippen molar-refractivity contribution in [3.8, 4) is 11.6 Å². The molecule has 18 heteroatoms. The molecule has 2 fully saturated rings. The number of sulfonamides is 1. The fourth-order valence-electron chi connectivity index (χ4n) is 6.18. The van der Waals surface area contributed by atoms with Gasteiger partial charge in [0.25, 0.3) is 15.9 Å². The predicted molar refractivity (Wildman–Crippen MR) is 204 cm³/mol. The third-order valence-electron chi connectivity index (χ3n) is 9.00. The molecule has 5 atom stereocenters. The van der Waals surface area contributed by atoms with Crippen LogP contribution in [0, 0.1) is 11.3 Å². The van der Waals surface area contributed by atoms with E-state index < -0.39 is 74.5 Å².